The van der Waals surface area contributed by atoms with Gasteiger partial charge in [-0.15, -0.1) is 10.2 Å². The average molecular weight is 343 g/mol. The number of hydrogen-bond acceptors (Lipinski definition) is 7. The summed E-state index contributed by atoms with van der Waals surface area (Å²) in [7, 11) is 0. The van der Waals surface area contributed by atoms with Crippen LogP contribution in [0, 0.1) is 42.4 Å². The Morgan fingerprint density at radius 1 is 1.30 bits per heavy atom. The zero-order chi connectivity index (χ0) is 16.7. The van der Waals surface area contributed by atoms with Crippen LogP contribution in [0.2, 0.25) is 0 Å². The number of anilines is 2. The normalized spacial score (nSPS) is 11.5. The van der Waals surface area contributed by atoms with Gasteiger partial charge in [-0.2, -0.15) is 10.5 Å². The molecular formula is C16H17N5S2. The first-order chi connectivity index (χ1) is 11.1. The molecule has 5 nitrogen and oxygen atoms in total. The number of aromatic nitrogens is 2. The van der Waals surface area contributed by atoms with Crippen molar-refractivity contribution in [3.05, 3.63) is 29.3 Å². The lowest BCUT2D eigenvalue weighted by Crippen LogP contribution is -1.99. The Hall–Kier alpha value is -2.09. The van der Waals surface area contributed by atoms with Crippen LogP contribution in [0.4, 0.5) is 10.8 Å². The quantitative estimate of drug-likeness (QED) is 0.748. The number of hydrogen-bond donors (Lipinski definition) is 1. The minimum Gasteiger partial charge on any atom is -0.330 e. The maximum Gasteiger partial charge on any atom is 0.210 e. The van der Waals surface area contributed by atoms with Crippen LogP contribution in [0.1, 0.15) is 24.0 Å². The molecule has 0 fully saturated rings. The zero-order valence-corrected chi connectivity index (χ0v) is 14.7. The van der Waals surface area contributed by atoms with Crippen molar-refractivity contribution in [1.82, 2.24) is 10.2 Å². The summed E-state index contributed by atoms with van der Waals surface area (Å²) in [4.78, 5) is 0. The Bertz CT molecular complexity index is 742. The molecule has 0 aliphatic carbocycles. The van der Waals surface area contributed by atoms with E-state index in [0.29, 0.717) is 18.6 Å². The second-order valence-corrected chi connectivity index (χ2v) is 7.32. The first kappa shape index (κ1) is 17.3. The topological polar surface area (TPSA) is 85.4 Å². The summed E-state index contributed by atoms with van der Waals surface area (Å²) >= 11 is 2.99. The van der Waals surface area contributed by atoms with Crippen LogP contribution in [0.3, 0.4) is 0 Å². The highest BCUT2D eigenvalue weighted by molar-refractivity contribution is 8.01. The minimum absolute atomic E-state index is 0.126. The van der Waals surface area contributed by atoms with Gasteiger partial charge >= 0.3 is 0 Å². The third-order valence-electron chi connectivity index (χ3n) is 3.45. The van der Waals surface area contributed by atoms with Crippen LogP contribution in [0.25, 0.3) is 0 Å². The summed E-state index contributed by atoms with van der Waals surface area (Å²) < 4.78 is 0.829. The summed E-state index contributed by atoms with van der Waals surface area (Å²) in [6.45, 7) is 4.15. The van der Waals surface area contributed by atoms with Crippen molar-refractivity contribution in [3.63, 3.8) is 0 Å². The Morgan fingerprint density at radius 3 is 2.87 bits per heavy atom. The first-order valence-corrected chi connectivity index (χ1v) is 9.00. The van der Waals surface area contributed by atoms with Crippen molar-refractivity contribution >= 4 is 33.9 Å². The number of nitriles is 2. The van der Waals surface area contributed by atoms with Gasteiger partial charge in [0.15, 0.2) is 4.34 Å². The van der Waals surface area contributed by atoms with Gasteiger partial charge < -0.3 is 5.32 Å². The lowest BCUT2D eigenvalue weighted by molar-refractivity contribution is 0.685. The van der Waals surface area contributed by atoms with Crippen LogP contribution in [-0.2, 0) is 0 Å². The van der Waals surface area contributed by atoms with Gasteiger partial charge in [-0.25, -0.2) is 0 Å². The molecule has 23 heavy (non-hydrogen) atoms. The van der Waals surface area contributed by atoms with E-state index in [9.17, 15) is 0 Å². The van der Waals surface area contributed by atoms with Gasteiger partial charge in [0.2, 0.25) is 5.13 Å². The van der Waals surface area contributed by atoms with E-state index in [0.717, 1.165) is 15.2 Å². The van der Waals surface area contributed by atoms with Crippen LogP contribution in [0.15, 0.2) is 22.5 Å². The molecule has 118 valence electrons. The highest BCUT2D eigenvalue weighted by atomic mass is 32.2. The number of benzene rings is 1. The van der Waals surface area contributed by atoms with Gasteiger partial charge in [-0.3, -0.25) is 0 Å². The SMILES string of the molecule is Cc1cccc(Nc2nnc(SC[C@@H](C#N)CCC#N)s2)c1C. The number of nitrogens with one attached hydrogen (secondary N) is 1. The fourth-order valence-corrected chi connectivity index (χ4v) is 3.77. The van der Waals surface area contributed by atoms with Gasteiger partial charge in [0.1, 0.15) is 0 Å². The van der Waals surface area contributed by atoms with E-state index in [1.165, 1.54) is 34.2 Å². The van der Waals surface area contributed by atoms with Crippen molar-refractivity contribution in [1.29, 1.82) is 10.5 Å². The molecule has 1 aromatic heterocycles. The van der Waals surface area contributed by atoms with Gasteiger partial charge in [0, 0.05) is 17.9 Å². The fourth-order valence-electron chi connectivity index (χ4n) is 1.92. The summed E-state index contributed by atoms with van der Waals surface area (Å²) in [5.41, 5.74) is 3.45. The summed E-state index contributed by atoms with van der Waals surface area (Å²) in [6.07, 6.45) is 1.01. The predicted octanol–water partition coefficient (Wildman–Crippen LogP) is 4.43. The van der Waals surface area contributed by atoms with E-state index >= 15 is 0 Å². The highest BCUT2D eigenvalue weighted by Gasteiger charge is 2.11. The number of thioether (sulfide) groups is 1. The monoisotopic (exact) mass is 343 g/mol. The minimum atomic E-state index is -0.126. The summed E-state index contributed by atoms with van der Waals surface area (Å²) in [6, 6.07) is 10.4. The molecule has 0 saturated heterocycles. The first-order valence-electron chi connectivity index (χ1n) is 7.20. The molecule has 1 atom stereocenters. The molecular weight excluding hydrogens is 326 g/mol. The highest BCUT2D eigenvalue weighted by Crippen LogP contribution is 2.30. The van der Waals surface area contributed by atoms with Crippen molar-refractivity contribution in [2.45, 2.75) is 31.0 Å². The number of aryl methyl sites for hydroxylation is 1. The second-order valence-electron chi connectivity index (χ2n) is 5.08. The number of rotatable bonds is 7. The van der Waals surface area contributed by atoms with Crippen molar-refractivity contribution in [2.75, 3.05) is 11.1 Å². The van der Waals surface area contributed by atoms with Crippen LogP contribution in [-0.4, -0.2) is 16.0 Å². The number of nitrogens with zero attached hydrogens (tertiary/aromatic N) is 4. The van der Waals surface area contributed by atoms with Gasteiger partial charge in [-0.1, -0.05) is 35.2 Å². The Kier molecular flexibility index (Phi) is 6.40. The van der Waals surface area contributed by atoms with Gasteiger partial charge in [0.05, 0.1) is 18.1 Å². The largest absolute Gasteiger partial charge is 0.330 e. The molecule has 1 N–H and O–H groups in total. The van der Waals surface area contributed by atoms with E-state index in [1.54, 1.807) is 0 Å². The average Bonchev–Trinajstić information content (AvgIpc) is 2.99. The van der Waals surface area contributed by atoms with Gasteiger partial charge in [0.25, 0.3) is 0 Å². The Labute approximate surface area is 144 Å². The third-order valence-corrected chi connectivity index (χ3v) is 5.58. The van der Waals surface area contributed by atoms with Crippen LogP contribution < -0.4 is 5.32 Å². The fraction of sp³-hybridized carbons (Fsp3) is 0.375. The Morgan fingerprint density at radius 2 is 2.13 bits per heavy atom. The van der Waals surface area contributed by atoms with Crippen molar-refractivity contribution in [2.24, 2.45) is 5.92 Å². The molecule has 1 aromatic carbocycles. The molecule has 0 spiro atoms. The maximum absolute atomic E-state index is 9.07. The lowest BCUT2D eigenvalue weighted by atomic mass is 10.1. The molecule has 1 heterocycles. The standard InChI is InChI=1S/C16H17N5S2/c1-11-5-3-7-14(12(11)2)19-15-20-21-16(23-15)22-10-13(9-18)6-4-8-17/h3,5,7,13H,4,6,10H2,1-2H3,(H,19,20)/t13-/m1/s1. The van der Waals surface area contributed by atoms with Crippen molar-refractivity contribution in [3.8, 4) is 12.1 Å². The van der Waals surface area contributed by atoms with E-state index in [1.807, 2.05) is 12.1 Å². The van der Waals surface area contributed by atoms with Crippen LogP contribution in [0.5, 0.6) is 0 Å². The second kappa shape index (κ2) is 8.52. The summed E-state index contributed by atoms with van der Waals surface area (Å²) in [5, 5.41) is 30.0. The van der Waals surface area contributed by atoms with Crippen molar-refractivity contribution < 1.29 is 0 Å². The molecule has 0 aliphatic rings. The molecule has 0 bridgehead atoms. The third kappa shape index (κ3) is 4.95. The molecule has 0 saturated carbocycles. The molecule has 2 aromatic rings. The molecule has 0 unspecified atom stereocenters. The van der Waals surface area contributed by atoms with Crippen LogP contribution >= 0.6 is 23.1 Å². The summed E-state index contributed by atoms with van der Waals surface area (Å²) in [5.74, 6) is 0.509. The Balaban J connectivity index is 1.94. The van der Waals surface area contributed by atoms with Gasteiger partial charge in [-0.05, 0) is 37.5 Å². The van der Waals surface area contributed by atoms with E-state index in [2.05, 4.69) is 47.6 Å². The molecule has 0 aliphatic heterocycles. The van der Waals surface area contributed by atoms with E-state index in [-0.39, 0.29) is 5.92 Å². The molecule has 0 radical (unpaired) electrons. The lowest BCUT2D eigenvalue weighted by Gasteiger charge is -2.08. The zero-order valence-electron chi connectivity index (χ0n) is 13.0. The van der Waals surface area contributed by atoms with E-state index in [4.69, 9.17) is 10.5 Å². The molecule has 2 rings (SSSR count). The molecule has 0 amide bonds. The van der Waals surface area contributed by atoms with E-state index < -0.39 is 0 Å². The maximum atomic E-state index is 9.07. The smallest absolute Gasteiger partial charge is 0.210 e. The predicted molar refractivity (Wildman–Crippen MR) is 93.8 cm³/mol. The molecule has 7 heteroatoms.